The summed E-state index contributed by atoms with van der Waals surface area (Å²) in [5, 5.41) is 2.74. The van der Waals surface area contributed by atoms with Crippen LogP contribution in [0.4, 0.5) is 13.2 Å². The van der Waals surface area contributed by atoms with E-state index in [9.17, 15) is 18.0 Å². The molecule has 5 nitrogen and oxygen atoms in total. The summed E-state index contributed by atoms with van der Waals surface area (Å²) in [5.74, 6) is -0.0763. The van der Waals surface area contributed by atoms with Crippen molar-refractivity contribution in [3.05, 3.63) is 58.7 Å². The molecule has 27 heavy (non-hydrogen) atoms. The summed E-state index contributed by atoms with van der Waals surface area (Å²) < 4.78 is 38.4. The van der Waals surface area contributed by atoms with Crippen LogP contribution in [0.5, 0.6) is 0 Å². The highest BCUT2D eigenvalue weighted by Gasteiger charge is 2.33. The first-order chi connectivity index (χ1) is 12.8. The van der Waals surface area contributed by atoms with Gasteiger partial charge in [0.1, 0.15) is 11.5 Å². The molecule has 0 unspecified atom stereocenters. The van der Waals surface area contributed by atoms with Crippen LogP contribution in [0.15, 0.2) is 30.3 Å². The number of amides is 1. The number of aromatic nitrogens is 2. The molecule has 144 valence electrons. The first-order valence-corrected chi connectivity index (χ1v) is 8.79. The second kappa shape index (κ2) is 8.04. The number of hydrogen-bond acceptors (Lipinski definition) is 4. The highest BCUT2D eigenvalue weighted by molar-refractivity contribution is 5.78. The Morgan fingerprint density at radius 2 is 1.96 bits per heavy atom. The molecule has 0 saturated carbocycles. The molecule has 2 heterocycles. The van der Waals surface area contributed by atoms with Gasteiger partial charge in [0.15, 0.2) is 0 Å². The van der Waals surface area contributed by atoms with Crippen LogP contribution in [-0.4, -0.2) is 40.4 Å². The van der Waals surface area contributed by atoms with E-state index in [2.05, 4.69) is 32.3 Å². The lowest BCUT2D eigenvalue weighted by atomic mass is 10.00. The van der Waals surface area contributed by atoms with Crippen molar-refractivity contribution in [2.75, 3.05) is 19.6 Å². The van der Waals surface area contributed by atoms with Gasteiger partial charge >= 0.3 is 6.18 Å². The summed E-state index contributed by atoms with van der Waals surface area (Å²) in [6.45, 7) is 3.48. The van der Waals surface area contributed by atoms with Gasteiger partial charge in [0.05, 0.1) is 6.54 Å². The van der Waals surface area contributed by atoms with Crippen molar-refractivity contribution in [1.82, 2.24) is 20.2 Å². The molecule has 0 aliphatic carbocycles. The molecule has 0 atom stereocenters. The van der Waals surface area contributed by atoms with Gasteiger partial charge in [0.25, 0.3) is 0 Å². The Morgan fingerprint density at radius 1 is 1.22 bits per heavy atom. The zero-order valence-electron chi connectivity index (χ0n) is 15.0. The Labute approximate surface area is 155 Å². The minimum atomic E-state index is -4.50. The molecular formula is C19H21F3N4O. The highest BCUT2D eigenvalue weighted by Crippen LogP contribution is 2.27. The van der Waals surface area contributed by atoms with Crippen LogP contribution in [0, 0.1) is 6.92 Å². The van der Waals surface area contributed by atoms with Gasteiger partial charge in [-0.05, 0) is 30.5 Å². The Balaban J connectivity index is 1.49. The summed E-state index contributed by atoms with van der Waals surface area (Å²) in [4.78, 5) is 21.7. The standard InChI is InChI=1S/C19H21F3N4O/c1-13-10-16(19(20,21)22)25-17(24-13)6-8-23-18(27)12-26-9-7-14-4-2-3-5-15(14)11-26/h2-5,10H,6-9,11-12H2,1H3,(H,23,27). The average molecular weight is 378 g/mol. The van der Waals surface area contributed by atoms with Gasteiger partial charge in [-0.3, -0.25) is 9.69 Å². The predicted molar refractivity (Wildman–Crippen MR) is 93.9 cm³/mol. The molecule has 1 aromatic carbocycles. The third-order valence-corrected chi connectivity index (χ3v) is 4.44. The molecule has 0 saturated heterocycles. The van der Waals surface area contributed by atoms with E-state index >= 15 is 0 Å². The molecule has 2 aromatic rings. The van der Waals surface area contributed by atoms with Gasteiger partial charge in [-0.25, -0.2) is 9.97 Å². The van der Waals surface area contributed by atoms with Crippen LogP contribution >= 0.6 is 0 Å². The van der Waals surface area contributed by atoms with Crippen molar-refractivity contribution >= 4 is 5.91 Å². The van der Waals surface area contributed by atoms with Gasteiger partial charge in [-0.15, -0.1) is 0 Å². The van der Waals surface area contributed by atoms with Crippen molar-refractivity contribution in [2.45, 2.75) is 32.5 Å². The number of nitrogens with one attached hydrogen (secondary N) is 1. The molecule has 0 radical (unpaired) electrons. The van der Waals surface area contributed by atoms with Gasteiger partial charge in [0, 0.05) is 31.7 Å². The fourth-order valence-electron chi connectivity index (χ4n) is 3.15. The number of rotatable bonds is 5. The predicted octanol–water partition coefficient (Wildman–Crippen LogP) is 2.52. The maximum absolute atomic E-state index is 12.8. The monoisotopic (exact) mass is 378 g/mol. The largest absolute Gasteiger partial charge is 0.433 e. The molecule has 0 fully saturated rings. The van der Waals surface area contributed by atoms with Crippen LogP contribution in [0.25, 0.3) is 0 Å². The molecule has 0 bridgehead atoms. The highest BCUT2D eigenvalue weighted by atomic mass is 19.4. The maximum Gasteiger partial charge on any atom is 0.433 e. The normalized spacial score (nSPS) is 14.7. The second-order valence-corrected chi connectivity index (χ2v) is 6.64. The van der Waals surface area contributed by atoms with Gasteiger partial charge < -0.3 is 5.32 Å². The Kier molecular flexibility index (Phi) is 5.74. The molecule has 1 aliphatic heterocycles. The van der Waals surface area contributed by atoms with Crippen LogP contribution in [-0.2, 0) is 30.4 Å². The van der Waals surface area contributed by atoms with Crippen LogP contribution in [0.3, 0.4) is 0 Å². The summed E-state index contributed by atoms with van der Waals surface area (Å²) >= 11 is 0. The minimum Gasteiger partial charge on any atom is -0.355 e. The summed E-state index contributed by atoms with van der Waals surface area (Å²) in [7, 11) is 0. The van der Waals surface area contributed by atoms with E-state index in [1.807, 2.05) is 12.1 Å². The van der Waals surface area contributed by atoms with Crippen molar-refractivity contribution in [3.8, 4) is 0 Å². The van der Waals surface area contributed by atoms with Crippen molar-refractivity contribution < 1.29 is 18.0 Å². The zero-order valence-corrected chi connectivity index (χ0v) is 15.0. The first-order valence-electron chi connectivity index (χ1n) is 8.79. The van der Waals surface area contributed by atoms with Gasteiger partial charge in [-0.2, -0.15) is 13.2 Å². The smallest absolute Gasteiger partial charge is 0.355 e. The van der Waals surface area contributed by atoms with E-state index in [0.717, 1.165) is 25.6 Å². The van der Waals surface area contributed by atoms with Crippen molar-refractivity contribution in [1.29, 1.82) is 0 Å². The van der Waals surface area contributed by atoms with Crippen LogP contribution < -0.4 is 5.32 Å². The van der Waals surface area contributed by atoms with E-state index in [1.165, 1.54) is 18.1 Å². The summed E-state index contributed by atoms with van der Waals surface area (Å²) in [6, 6.07) is 9.07. The van der Waals surface area contributed by atoms with Crippen molar-refractivity contribution in [3.63, 3.8) is 0 Å². The van der Waals surface area contributed by atoms with Gasteiger partial charge in [-0.1, -0.05) is 24.3 Å². The van der Waals surface area contributed by atoms with E-state index in [1.54, 1.807) is 0 Å². The Hall–Kier alpha value is -2.48. The number of carbonyl (C=O) groups is 1. The van der Waals surface area contributed by atoms with E-state index < -0.39 is 11.9 Å². The lowest BCUT2D eigenvalue weighted by molar-refractivity contribution is -0.141. The summed E-state index contributed by atoms with van der Waals surface area (Å²) in [6.07, 6.45) is -3.45. The van der Waals surface area contributed by atoms with E-state index in [-0.39, 0.29) is 36.9 Å². The fourth-order valence-corrected chi connectivity index (χ4v) is 3.15. The third kappa shape index (κ3) is 5.26. The number of hydrogen-bond donors (Lipinski definition) is 1. The van der Waals surface area contributed by atoms with Gasteiger partial charge in [0.2, 0.25) is 5.91 Å². The lowest BCUT2D eigenvalue weighted by Gasteiger charge is -2.28. The molecular weight excluding hydrogens is 357 g/mol. The molecule has 1 N–H and O–H groups in total. The van der Waals surface area contributed by atoms with Crippen LogP contribution in [0.1, 0.15) is 28.3 Å². The number of carbonyl (C=O) groups excluding carboxylic acids is 1. The third-order valence-electron chi connectivity index (χ3n) is 4.44. The number of aryl methyl sites for hydroxylation is 1. The minimum absolute atomic E-state index is 0.0783. The second-order valence-electron chi connectivity index (χ2n) is 6.64. The molecule has 0 spiro atoms. The fraction of sp³-hybridized carbons (Fsp3) is 0.421. The SMILES string of the molecule is Cc1cc(C(F)(F)F)nc(CCNC(=O)CN2CCc3ccccc3C2)n1. The van der Waals surface area contributed by atoms with E-state index in [4.69, 9.17) is 0 Å². The topological polar surface area (TPSA) is 58.1 Å². The van der Waals surface area contributed by atoms with E-state index in [0.29, 0.717) is 0 Å². The summed E-state index contributed by atoms with van der Waals surface area (Å²) in [5.41, 5.74) is 1.84. The molecule has 1 amide bonds. The average Bonchev–Trinajstić information content (AvgIpc) is 2.60. The lowest BCUT2D eigenvalue weighted by Crippen LogP contribution is -2.40. The van der Waals surface area contributed by atoms with Crippen molar-refractivity contribution in [2.24, 2.45) is 0 Å². The quantitative estimate of drug-likeness (QED) is 0.869. The molecule has 3 rings (SSSR count). The van der Waals surface area contributed by atoms with Crippen LogP contribution in [0.2, 0.25) is 0 Å². The first kappa shape index (κ1) is 19.3. The molecule has 1 aromatic heterocycles. The number of benzene rings is 1. The molecule has 1 aliphatic rings. The number of halogens is 3. The Bertz CT molecular complexity index is 823. The number of nitrogens with zero attached hydrogens (tertiary/aromatic N) is 3. The Morgan fingerprint density at radius 3 is 2.70 bits per heavy atom. The number of alkyl halides is 3. The zero-order chi connectivity index (χ0) is 19.4. The number of fused-ring (bicyclic) bond motifs is 1. The maximum atomic E-state index is 12.8. The molecule has 8 heteroatoms.